The molecule has 0 radical (unpaired) electrons. The molecule has 0 spiro atoms. The van der Waals surface area contributed by atoms with E-state index in [0.29, 0.717) is 6.54 Å². The van der Waals surface area contributed by atoms with Crippen LogP contribution >= 0.6 is 0 Å². The third-order valence-corrected chi connectivity index (χ3v) is 3.54. The van der Waals surface area contributed by atoms with E-state index in [4.69, 9.17) is 9.56 Å². The molecule has 0 bridgehead atoms. The zero-order valence-electron chi connectivity index (χ0n) is 11.2. The van der Waals surface area contributed by atoms with Crippen LogP contribution in [0.25, 0.3) is 0 Å². The molecule has 7 nitrogen and oxygen atoms in total. The van der Waals surface area contributed by atoms with Crippen molar-refractivity contribution in [1.82, 2.24) is 10.6 Å². The Balaban J connectivity index is 2.74. The van der Waals surface area contributed by atoms with Crippen LogP contribution in [-0.2, 0) is 10.0 Å². The summed E-state index contributed by atoms with van der Waals surface area (Å²) in [4.78, 5) is 11.6. The minimum Gasteiger partial charge on any atom is -0.455 e. The first-order chi connectivity index (χ1) is 8.75. The second kappa shape index (κ2) is 6.18. The minimum absolute atomic E-state index is 0.0646. The van der Waals surface area contributed by atoms with Gasteiger partial charge in [-0.05, 0) is 20.4 Å². The van der Waals surface area contributed by atoms with Crippen molar-refractivity contribution in [2.45, 2.75) is 31.7 Å². The molecule has 1 atom stereocenters. The number of rotatable bonds is 6. The summed E-state index contributed by atoms with van der Waals surface area (Å²) in [6.45, 7) is 6.54. The Hall–Kier alpha value is -1.38. The van der Waals surface area contributed by atoms with E-state index >= 15 is 0 Å². The molecular weight excluding hydrogens is 270 g/mol. The molecule has 1 amide bonds. The number of hydrogen-bond donors (Lipinski definition) is 3. The molecule has 0 saturated carbocycles. The summed E-state index contributed by atoms with van der Waals surface area (Å²) in [6, 6.07) is 1.25. The van der Waals surface area contributed by atoms with E-state index in [2.05, 4.69) is 10.6 Å². The molecule has 1 rings (SSSR count). The number of primary sulfonamides is 1. The maximum atomic E-state index is 11.8. The lowest BCUT2D eigenvalue weighted by atomic mass is 10.3. The number of likely N-dealkylation sites (N-methyl/N-ethyl adjacent to an activating group) is 1. The zero-order valence-corrected chi connectivity index (χ0v) is 12.0. The molecule has 1 aromatic heterocycles. The highest BCUT2D eigenvalue weighted by Gasteiger charge is 2.21. The Morgan fingerprint density at radius 2 is 2.16 bits per heavy atom. The van der Waals surface area contributed by atoms with Crippen LogP contribution in [0.3, 0.4) is 0 Å². The first-order valence-corrected chi connectivity index (χ1v) is 7.45. The van der Waals surface area contributed by atoms with Gasteiger partial charge in [0.05, 0.1) is 0 Å². The Morgan fingerprint density at radius 1 is 1.53 bits per heavy atom. The Kier molecular flexibility index (Phi) is 5.10. The number of carbonyl (C=O) groups is 1. The lowest BCUT2D eigenvalue weighted by molar-refractivity contribution is 0.0921. The van der Waals surface area contributed by atoms with Gasteiger partial charge in [0, 0.05) is 18.7 Å². The van der Waals surface area contributed by atoms with Crippen molar-refractivity contribution in [2.75, 3.05) is 13.1 Å². The van der Waals surface area contributed by atoms with Gasteiger partial charge in [0.2, 0.25) is 10.0 Å². The maximum Gasteiger partial charge on any atom is 0.287 e. The van der Waals surface area contributed by atoms with Crippen molar-refractivity contribution in [1.29, 1.82) is 0 Å². The normalized spacial score (nSPS) is 13.3. The van der Waals surface area contributed by atoms with Gasteiger partial charge < -0.3 is 15.1 Å². The monoisotopic (exact) mass is 289 g/mol. The minimum atomic E-state index is -3.87. The van der Waals surface area contributed by atoms with Crippen LogP contribution in [-0.4, -0.2) is 33.5 Å². The van der Waals surface area contributed by atoms with Gasteiger partial charge >= 0.3 is 0 Å². The first-order valence-electron chi connectivity index (χ1n) is 5.90. The summed E-state index contributed by atoms with van der Waals surface area (Å²) in [7, 11) is -3.87. The molecule has 19 heavy (non-hydrogen) atoms. The van der Waals surface area contributed by atoms with Crippen LogP contribution in [0.5, 0.6) is 0 Å². The van der Waals surface area contributed by atoms with Crippen molar-refractivity contribution in [3.05, 3.63) is 17.6 Å². The van der Waals surface area contributed by atoms with Gasteiger partial charge in [0.25, 0.3) is 5.91 Å². The molecule has 0 aliphatic heterocycles. The third-order valence-electron chi connectivity index (χ3n) is 2.52. The number of sulfonamides is 1. The van der Waals surface area contributed by atoms with E-state index in [1.807, 2.05) is 13.8 Å². The van der Waals surface area contributed by atoms with E-state index in [-0.39, 0.29) is 22.5 Å². The fourth-order valence-electron chi connectivity index (χ4n) is 1.61. The van der Waals surface area contributed by atoms with E-state index in [1.165, 1.54) is 6.92 Å². The summed E-state index contributed by atoms with van der Waals surface area (Å²) in [5.41, 5.74) is 0. The zero-order chi connectivity index (χ0) is 14.6. The topological polar surface area (TPSA) is 114 Å². The molecule has 0 aliphatic rings. The lowest BCUT2D eigenvalue weighted by Gasteiger charge is -2.12. The summed E-state index contributed by atoms with van der Waals surface area (Å²) in [5.74, 6) is -0.430. The van der Waals surface area contributed by atoms with Crippen LogP contribution < -0.4 is 15.8 Å². The van der Waals surface area contributed by atoms with Gasteiger partial charge in [-0.2, -0.15) is 0 Å². The van der Waals surface area contributed by atoms with Gasteiger partial charge in [-0.15, -0.1) is 0 Å². The predicted octanol–water partition coefficient (Wildman–Crippen LogP) is -0.0368. The number of aryl methyl sites for hydroxylation is 1. The van der Waals surface area contributed by atoms with Crippen LogP contribution in [0.2, 0.25) is 0 Å². The molecular formula is C11H19N3O4S. The number of furan rings is 1. The van der Waals surface area contributed by atoms with Crippen LogP contribution in [0, 0.1) is 6.92 Å². The van der Waals surface area contributed by atoms with Gasteiger partial charge in [-0.25, -0.2) is 13.6 Å². The molecule has 8 heteroatoms. The Labute approximate surface area is 112 Å². The van der Waals surface area contributed by atoms with E-state index in [1.54, 1.807) is 0 Å². The van der Waals surface area contributed by atoms with Crippen LogP contribution in [0.4, 0.5) is 0 Å². The largest absolute Gasteiger partial charge is 0.455 e. The number of amides is 1. The molecule has 4 N–H and O–H groups in total. The highest BCUT2D eigenvalue weighted by molar-refractivity contribution is 7.89. The van der Waals surface area contributed by atoms with Crippen LogP contribution in [0.1, 0.15) is 30.2 Å². The molecule has 0 unspecified atom stereocenters. The average Bonchev–Trinajstić information content (AvgIpc) is 2.68. The summed E-state index contributed by atoms with van der Waals surface area (Å²) in [6.07, 6.45) is 0. The highest BCUT2D eigenvalue weighted by atomic mass is 32.2. The van der Waals surface area contributed by atoms with E-state index in [9.17, 15) is 13.2 Å². The Bertz CT molecular complexity index is 550. The summed E-state index contributed by atoms with van der Waals surface area (Å²) < 4.78 is 27.5. The number of carbonyl (C=O) groups excluding carboxylic acids is 1. The van der Waals surface area contributed by atoms with Gasteiger partial charge in [0.1, 0.15) is 10.7 Å². The van der Waals surface area contributed by atoms with Crippen molar-refractivity contribution in [2.24, 2.45) is 5.14 Å². The number of nitrogens with one attached hydrogen (secondary N) is 2. The fourth-order valence-corrected chi connectivity index (χ4v) is 2.33. The second-order valence-corrected chi connectivity index (χ2v) is 5.77. The molecule has 0 aliphatic carbocycles. The second-order valence-electron chi connectivity index (χ2n) is 4.24. The molecule has 0 aromatic carbocycles. The Morgan fingerprint density at radius 3 is 2.63 bits per heavy atom. The first kappa shape index (κ1) is 15.7. The molecule has 0 saturated heterocycles. The van der Waals surface area contributed by atoms with Crippen molar-refractivity contribution >= 4 is 15.9 Å². The maximum absolute atomic E-state index is 11.8. The predicted molar refractivity (Wildman–Crippen MR) is 70.3 cm³/mol. The summed E-state index contributed by atoms with van der Waals surface area (Å²) >= 11 is 0. The SMILES string of the molecule is CCN[C@H](C)CNC(=O)c1cc(S(N)(=O)=O)c(C)o1. The van der Waals surface area contributed by atoms with Crippen molar-refractivity contribution < 1.29 is 17.6 Å². The third kappa shape index (κ3) is 4.34. The molecule has 0 fully saturated rings. The fraction of sp³-hybridized carbons (Fsp3) is 0.545. The standard InChI is InChI=1S/C11H19N3O4S/c1-4-13-7(2)6-14-11(15)9-5-10(8(3)18-9)19(12,16)17/h5,7,13H,4,6H2,1-3H3,(H,14,15)(H2,12,16,17)/t7-/m1/s1. The number of nitrogens with two attached hydrogens (primary N) is 1. The highest BCUT2D eigenvalue weighted by Crippen LogP contribution is 2.18. The van der Waals surface area contributed by atoms with Crippen molar-refractivity contribution in [3.8, 4) is 0 Å². The summed E-state index contributed by atoms with van der Waals surface area (Å²) in [5, 5.41) is 10.8. The average molecular weight is 289 g/mol. The lowest BCUT2D eigenvalue weighted by Crippen LogP contribution is -2.38. The van der Waals surface area contributed by atoms with Gasteiger partial charge in [-0.3, -0.25) is 4.79 Å². The van der Waals surface area contributed by atoms with E-state index in [0.717, 1.165) is 12.6 Å². The van der Waals surface area contributed by atoms with Crippen molar-refractivity contribution in [3.63, 3.8) is 0 Å². The molecule has 1 aromatic rings. The quantitative estimate of drug-likeness (QED) is 0.680. The van der Waals surface area contributed by atoms with Gasteiger partial charge in [0.15, 0.2) is 5.76 Å². The van der Waals surface area contributed by atoms with Gasteiger partial charge in [-0.1, -0.05) is 6.92 Å². The number of hydrogen-bond acceptors (Lipinski definition) is 5. The van der Waals surface area contributed by atoms with E-state index < -0.39 is 15.9 Å². The smallest absolute Gasteiger partial charge is 0.287 e. The molecule has 1 heterocycles. The van der Waals surface area contributed by atoms with Crippen LogP contribution in [0.15, 0.2) is 15.4 Å². The molecule has 108 valence electrons.